The first-order valence-corrected chi connectivity index (χ1v) is 15.3. The van der Waals surface area contributed by atoms with Crippen LogP contribution < -0.4 is 0 Å². The lowest BCUT2D eigenvalue weighted by Gasteiger charge is -2.24. The number of esters is 1. The Morgan fingerprint density at radius 2 is 1.31 bits per heavy atom. The summed E-state index contributed by atoms with van der Waals surface area (Å²) in [4.78, 5) is 22.0. The first kappa shape index (κ1) is 34.5. The van der Waals surface area contributed by atoms with Gasteiger partial charge in [0, 0.05) is 13.0 Å². The van der Waals surface area contributed by atoms with Crippen LogP contribution in [0.5, 0.6) is 0 Å². The molecule has 8 nitrogen and oxygen atoms in total. The Balaban J connectivity index is 4.16. The predicted molar refractivity (Wildman–Crippen MR) is 141 cm³/mol. The lowest BCUT2D eigenvalue weighted by molar-refractivity contribution is -0.870. The van der Waals surface area contributed by atoms with E-state index in [-0.39, 0.29) is 25.8 Å². The molecule has 0 spiro atoms. The van der Waals surface area contributed by atoms with Crippen molar-refractivity contribution in [3.63, 3.8) is 0 Å². The van der Waals surface area contributed by atoms with E-state index >= 15 is 0 Å². The van der Waals surface area contributed by atoms with Crippen molar-refractivity contribution < 1.29 is 37.3 Å². The molecule has 1 N–H and O–H groups in total. The van der Waals surface area contributed by atoms with Gasteiger partial charge in [-0.2, -0.15) is 0 Å². The first-order chi connectivity index (χ1) is 16.6. The van der Waals surface area contributed by atoms with Crippen molar-refractivity contribution in [2.24, 2.45) is 0 Å². The summed E-state index contributed by atoms with van der Waals surface area (Å²) in [6.07, 6.45) is 15.1. The molecular formula is C26H55NO7P+. The molecule has 0 aliphatic rings. The molecule has 0 amide bonds. The molecule has 0 fully saturated rings. The van der Waals surface area contributed by atoms with Crippen LogP contribution in [0.4, 0.5) is 0 Å². The van der Waals surface area contributed by atoms with Gasteiger partial charge in [-0.1, -0.05) is 84.5 Å². The maximum absolute atomic E-state index is 12.2. The van der Waals surface area contributed by atoms with Gasteiger partial charge in [-0.3, -0.25) is 13.8 Å². The van der Waals surface area contributed by atoms with Crippen LogP contribution in [0.15, 0.2) is 0 Å². The van der Waals surface area contributed by atoms with Gasteiger partial charge in [-0.15, -0.1) is 0 Å². The number of hydrogen-bond donors (Lipinski definition) is 1. The number of carbonyl (C=O) groups excluding carboxylic acids is 1. The molecule has 0 saturated heterocycles. The van der Waals surface area contributed by atoms with E-state index in [1.807, 2.05) is 28.1 Å². The Hall–Kier alpha value is -0.500. The highest BCUT2D eigenvalue weighted by Crippen LogP contribution is 2.43. The Kier molecular flexibility index (Phi) is 21.3. The molecule has 0 aromatic heterocycles. The van der Waals surface area contributed by atoms with E-state index in [9.17, 15) is 14.3 Å². The third kappa shape index (κ3) is 25.0. The monoisotopic (exact) mass is 524 g/mol. The third-order valence-corrected chi connectivity index (χ3v) is 6.65. The molecule has 35 heavy (non-hydrogen) atoms. The van der Waals surface area contributed by atoms with Crippen LogP contribution in [-0.4, -0.2) is 75.6 Å². The second kappa shape index (κ2) is 21.6. The van der Waals surface area contributed by atoms with E-state index in [1.165, 1.54) is 57.8 Å². The van der Waals surface area contributed by atoms with E-state index in [4.69, 9.17) is 18.5 Å². The van der Waals surface area contributed by atoms with Crippen molar-refractivity contribution in [1.82, 2.24) is 0 Å². The third-order valence-electron chi connectivity index (χ3n) is 5.67. The van der Waals surface area contributed by atoms with Crippen LogP contribution in [0.3, 0.4) is 0 Å². The summed E-state index contributed by atoms with van der Waals surface area (Å²) in [6, 6.07) is 0. The zero-order chi connectivity index (χ0) is 26.4. The molecule has 0 aromatic carbocycles. The zero-order valence-corrected chi connectivity index (χ0v) is 24.2. The molecule has 0 aromatic rings. The second-order valence-electron chi connectivity index (χ2n) is 10.4. The van der Waals surface area contributed by atoms with E-state index in [0.717, 1.165) is 25.7 Å². The van der Waals surface area contributed by atoms with Gasteiger partial charge >= 0.3 is 13.8 Å². The quantitative estimate of drug-likeness (QED) is 0.0653. The fourth-order valence-corrected chi connectivity index (χ4v) is 4.15. The largest absolute Gasteiger partial charge is 0.472 e. The van der Waals surface area contributed by atoms with E-state index in [0.29, 0.717) is 24.1 Å². The van der Waals surface area contributed by atoms with Crippen LogP contribution in [0.1, 0.15) is 104 Å². The molecule has 0 radical (unpaired) electrons. The average molecular weight is 525 g/mol. The summed E-state index contributed by atoms with van der Waals surface area (Å²) in [5.74, 6) is -0.350. The van der Waals surface area contributed by atoms with E-state index < -0.39 is 13.9 Å². The second-order valence-corrected chi connectivity index (χ2v) is 11.9. The highest BCUT2D eigenvalue weighted by atomic mass is 31.2. The fraction of sp³-hybridized carbons (Fsp3) is 0.962. The minimum atomic E-state index is -4.23. The van der Waals surface area contributed by atoms with Gasteiger partial charge in [-0.25, -0.2) is 4.57 Å². The number of ether oxygens (including phenoxy) is 2. The molecule has 2 unspecified atom stereocenters. The van der Waals surface area contributed by atoms with Crippen molar-refractivity contribution in [2.45, 2.75) is 110 Å². The molecule has 0 bridgehead atoms. The summed E-state index contributed by atoms with van der Waals surface area (Å²) < 4.78 is 34.1. The Morgan fingerprint density at radius 3 is 1.86 bits per heavy atom. The SMILES string of the molecule is CCCCCCCCCCCCCOCC(COP(=O)(O)OCC[N+](C)(C)C)OC(=O)CCCC. The molecule has 2 atom stereocenters. The van der Waals surface area contributed by atoms with Gasteiger partial charge in [0.05, 0.1) is 34.4 Å². The van der Waals surface area contributed by atoms with Crippen LogP contribution in [-0.2, 0) is 27.9 Å². The highest BCUT2D eigenvalue weighted by Gasteiger charge is 2.26. The summed E-state index contributed by atoms with van der Waals surface area (Å²) >= 11 is 0. The van der Waals surface area contributed by atoms with Gasteiger partial charge in [0.15, 0.2) is 0 Å². The lowest BCUT2D eigenvalue weighted by Crippen LogP contribution is -2.37. The van der Waals surface area contributed by atoms with Crippen molar-refractivity contribution in [3.05, 3.63) is 0 Å². The lowest BCUT2D eigenvalue weighted by atomic mass is 10.1. The van der Waals surface area contributed by atoms with Crippen molar-refractivity contribution >= 4 is 13.8 Å². The fourth-order valence-electron chi connectivity index (χ4n) is 3.41. The van der Waals surface area contributed by atoms with Crippen LogP contribution in [0.2, 0.25) is 0 Å². The number of hydrogen-bond acceptors (Lipinski definition) is 6. The molecule has 0 heterocycles. The Morgan fingerprint density at radius 1 is 0.771 bits per heavy atom. The molecule has 9 heteroatoms. The zero-order valence-electron chi connectivity index (χ0n) is 23.3. The number of phosphoric acid groups is 1. The van der Waals surface area contributed by atoms with E-state index in [1.54, 1.807) is 0 Å². The van der Waals surface area contributed by atoms with Crippen molar-refractivity contribution in [1.29, 1.82) is 0 Å². The van der Waals surface area contributed by atoms with Crippen LogP contribution in [0, 0.1) is 0 Å². The number of rotatable bonds is 25. The van der Waals surface area contributed by atoms with Gasteiger partial charge < -0.3 is 18.9 Å². The minimum Gasteiger partial charge on any atom is -0.457 e. The van der Waals surface area contributed by atoms with Gasteiger partial charge in [0.1, 0.15) is 19.3 Å². The minimum absolute atomic E-state index is 0.0909. The summed E-state index contributed by atoms with van der Waals surface area (Å²) in [5.41, 5.74) is 0. The highest BCUT2D eigenvalue weighted by molar-refractivity contribution is 7.47. The number of phosphoric ester groups is 1. The van der Waals surface area contributed by atoms with Gasteiger partial charge in [0.25, 0.3) is 0 Å². The Labute approximate surface area is 215 Å². The molecule has 0 saturated carbocycles. The van der Waals surface area contributed by atoms with Crippen LogP contribution >= 0.6 is 7.82 Å². The summed E-state index contributed by atoms with van der Waals surface area (Å²) in [6.45, 7) is 5.36. The normalized spacial score (nSPS) is 14.6. The maximum Gasteiger partial charge on any atom is 0.472 e. The van der Waals surface area contributed by atoms with Gasteiger partial charge in [0.2, 0.25) is 0 Å². The molecule has 210 valence electrons. The molecule has 0 rings (SSSR count). The van der Waals surface area contributed by atoms with Gasteiger partial charge in [-0.05, 0) is 12.8 Å². The van der Waals surface area contributed by atoms with Crippen LogP contribution in [0.25, 0.3) is 0 Å². The van der Waals surface area contributed by atoms with Crippen molar-refractivity contribution in [2.75, 3.05) is 54.1 Å². The number of nitrogens with zero attached hydrogens (tertiary/aromatic N) is 1. The number of quaternary nitrogens is 1. The summed E-state index contributed by atoms with van der Waals surface area (Å²) in [5, 5.41) is 0. The van der Waals surface area contributed by atoms with E-state index in [2.05, 4.69) is 6.92 Å². The topological polar surface area (TPSA) is 91.3 Å². The molecular weight excluding hydrogens is 469 g/mol. The standard InChI is InChI=1S/C26H54NO7P/c1-6-8-10-11-12-13-14-15-16-17-18-21-31-23-25(34-26(28)19-9-7-2)24-33-35(29,30)32-22-20-27(3,4)5/h25H,6-24H2,1-5H3/p+1. The number of unbranched alkanes of at least 4 members (excludes halogenated alkanes) is 11. The summed E-state index contributed by atoms with van der Waals surface area (Å²) in [7, 11) is 1.67. The van der Waals surface area contributed by atoms with Crippen molar-refractivity contribution in [3.8, 4) is 0 Å². The number of carbonyl (C=O) groups is 1. The number of likely N-dealkylation sites (N-methyl/N-ethyl adjacent to an activating group) is 1. The Bertz CT molecular complexity index is 554. The predicted octanol–water partition coefficient (Wildman–Crippen LogP) is 6.26. The molecule has 0 aliphatic heterocycles. The first-order valence-electron chi connectivity index (χ1n) is 13.8. The smallest absolute Gasteiger partial charge is 0.457 e. The average Bonchev–Trinajstić information content (AvgIpc) is 2.78. The maximum atomic E-state index is 12.2. The molecule has 0 aliphatic carbocycles.